The van der Waals surface area contributed by atoms with Crippen molar-refractivity contribution in [2.45, 2.75) is 45.7 Å². The summed E-state index contributed by atoms with van der Waals surface area (Å²) in [4.78, 5) is 11.4. The van der Waals surface area contributed by atoms with Crippen LogP contribution in [0.5, 0.6) is 0 Å². The van der Waals surface area contributed by atoms with Crippen molar-refractivity contribution in [1.29, 1.82) is 5.26 Å². The molecule has 2 N–H and O–H groups in total. The van der Waals surface area contributed by atoms with Gasteiger partial charge in [-0.25, -0.2) is 0 Å². The number of amides is 1. The fourth-order valence-electron chi connectivity index (χ4n) is 1.52. The van der Waals surface area contributed by atoms with Crippen LogP contribution in [0.4, 0.5) is 0 Å². The molecule has 1 saturated heterocycles. The molecule has 0 aliphatic carbocycles. The van der Waals surface area contributed by atoms with Crippen LogP contribution in [0, 0.1) is 11.3 Å². The fraction of sp³-hybridized carbons (Fsp3) is 0.800. The van der Waals surface area contributed by atoms with Crippen LogP contribution in [0.3, 0.4) is 0 Å². The predicted molar refractivity (Wildman–Crippen MR) is 55.6 cm³/mol. The van der Waals surface area contributed by atoms with Gasteiger partial charge in [0, 0.05) is 18.5 Å². The van der Waals surface area contributed by atoms with Gasteiger partial charge in [-0.05, 0) is 20.8 Å². The minimum Gasteiger partial charge on any atom is -0.353 e. The highest BCUT2D eigenvalue weighted by molar-refractivity contribution is 5.91. The standard InChI is InChI=1S/C9H15N3O.CH4/c1-8(2,3)12-9(6-10)4-5-11-7(9)13;/h12H,4-5H2,1-3H3,(H,11,13);1H4. The summed E-state index contributed by atoms with van der Waals surface area (Å²) in [7, 11) is 0. The number of nitrogens with zero attached hydrogens (tertiary/aromatic N) is 1. The third-order valence-corrected chi connectivity index (χ3v) is 1.95. The van der Waals surface area contributed by atoms with Crippen LogP contribution in [-0.4, -0.2) is 23.5 Å². The van der Waals surface area contributed by atoms with Gasteiger partial charge in [0.05, 0.1) is 6.07 Å². The van der Waals surface area contributed by atoms with Crippen molar-refractivity contribution in [2.24, 2.45) is 0 Å². The lowest BCUT2D eigenvalue weighted by atomic mass is 9.95. The Labute approximate surface area is 85.7 Å². The number of carbonyl (C=O) groups is 1. The van der Waals surface area contributed by atoms with Gasteiger partial charge in [0.1, 0.15) is 0 Å². The maximum atomic E-state index is 11.4. The molecule has 80 valence electrons. The number of nitrogens with one attached hydrogen (secondary N) is 2. The monoisotopic (exact) mass is 197 g/mol. The van der Waals surface area contributed by atoms with Crippen molar-refractivity contribution in [1.82, 2.24) is 10.6 Å². The Balaban J connectivity index is 0.00000169. The van der Waals surface area contributed by atoms with Gasteiger partial charge in [0.15, 0.2) is 5.54 Å². The Morgan fingerprint density at radius 1 is 1.57 bits per heavy atom. The number of nitriles is 1. The van der Waals surface area contributed by atoms with E-state index in [1.54, 1.807) is 0 Å². The van der Waals surface area contributed by atoms with E-state index in [1.807, 2.05) is 20.8 Å². The summed E-state index contributed by atoms with van der Waals surface area (Å²) in [5, 5.41) is 14.7. The number of carbonyl (C=O) groups excluding carboxylic acids is 1. The summed E-state index contributed by atoms with van der Waals surface area (Å²) in [5.41, 5.74) is -1.24. The van der Waals surface area contributed by atoms with E-state index in [0.29, 0.717) is 13.0 Å². The summed E-state index contributed by atoms with van der Waals surface area (Å²) in [6.45, 7) is 6.41. The summed E-state index contributed by atoms with van der Waals surface area (Å²) < 4.78 is 0. The number of rotatable bonds is 1. The molecular weight excluding hydrogens is 178 g/mol. The van der Waals surface area contributed by atoms with E-state index in [2.05, 4.69) is 16.7 Å². The number of hydrogen-bond acceptors (Lipinski definition) is 3. The van der Waals surface area contributed by atoms with E-state index in [-0.39, 0.29) is 18.9 Å². The van der Waals surface area contributed by atoms with Crippen LogP contribution in [0.15, 0.2) is 0 Å². The maximum Gasteiger partial charge on any atom is 0.255 e. The average molecular weight is 197 g/mol. The normalized spacial score (nSPS) is 26.3. The highest BCUT2D eigenvalue weighted by Gasteiger charge is 2.44. The molecule has 1 fully saturated rings. The first kappa shape index (κ1) is 12.9. The fourth-order valence-corrected chi connectivity index (χ4v) is 1.52. The molecule has 0 radical (unpaired) electrons. The molecule has 0 aromatic heterocycles. The van der Waals surface area contributed by atoms with Crippen LogP contribution in [0.2, 0.25) is 0 Å². The first-order valence-electron chi connectivity index (χ1n) is 4.38. The van der Waals surface area contributed by atoms with Crippen LogP contribution in [0.25, 0.3) is 0 Å². The van der Waals surface area contributed by atoms with Crippen LogP contribution < -0.4 is 10.6 Å². The summed E-state index contributed by atoms with van der Waals surface area (Å²) >= 11 is 0. The Kier molecular flexibility index (Phi) is 3.66. The SMILES string of the molecule is C.CC(C)(C)NC1(C#N)CCNC1=O. The molecule has 1 heterocycles. The summed E-state index contributed by atoms with van der Waals surface area (Å²) in [5.74, 6) is -0.204. The van der Waals surface area contributed by atoms with Gasteiger partial charge >= 0.3 is 0 Å². The second kappa shape index (κ2) is 3.97. The van der Waals surface area contributed by atoms with E-state index in [4.69, 9.17) is 5.26 Å². The molecule has 0 aromatic rings. The molecule has 1 rings (SSSR count). The predicted octanol–water partition coefficient (Wildman–Crippen LogP) is 0.793. The van der Waals surface area contributed by atoms with Crippen molar-refractivity contribution < 1.29 is 4.79 Å². The van der Waals surface area contributed by atoms with Gasteiger partial charge in [0.2, 0.25) is 0 Å². The third kappa shape index (κ3) is 2.46. The Bertz CT molecular complexity index is 262. The third-order valence-electron chi connectivity index (χ3n) is 1.95. The molecule has 1 amide bonds. The average Bonchev–Trinajstić information content (AvgIpc) is 2.30. The smallest absolute Gasteiger partial charge is 0.255 e. The molecule has 0 saturated carbocycles. The van der Waals surface area contributed by atoms with E-state index >= 15 is 0 Å². The second-order valence-electron chi connectivity index (χ2n) is 4.40. The van der Waals surface area contributed by atoms with Crippen molar-refractivity contribution in [3.05, 3.63) is 0 Å². The molecule has 1 unspecified atom stereocenters. The zero-order valence-corrected chi connectivity index (χ0v) is 8.27. The maximum absolute atomic E-state index is 11.4. The summed E-state index contributed by atoms with van der Waals surface area (Å²) in [6.07, 6.45) is 0.541. The van der Waals surface area contributed by atoms with Crippen molar-refractivity contribution in [3.63, 3.8) is 0 Å². The Morgan fingerprint density at radius 2 is 2.14 bits per heavy atom. The van der Waals surface area contributed by atoms with E-state index < -0.39 is 5.54 Å². The summed E-state index contributed by atoms with van der Waals surface area (Å²) in [6, 6.07) is 2.06. The van der Waals surface area contributed by atoms with E-state index in [0.717, 1.165) is 0 Å². The minimum absolute atomic E-state index is 0. The first-order chi connectivity index (χ1) is 5.90. The molecule has 0 spiro atoms. The van der Waals surface area contributed by atoms with Gasteiger partial charge in [0.25, 0.3) is 5.91 Å². The Hall–Kier alpha value is -1.08. The van der Waals surface area contributed by atoms with Gasteiger partial charge < -0.3 is 5.32 Å². The minimum atomic E-state index is -1.02. The number of hydrogen-bond donors (Lipinski definition) is 2. The van der Waals surface area contributed by atoms with Gasteiger partial charge in [-0.1, -0.05) is 7.43 Å². The van der Waals surface area contributed by atoms with Crippen LogP contribution >= 0.6 is 0 Å². The molecule has 4 heteroatoms. The quantitative estimate of drug-likeness (QED) is 0.653. The van der Waals surface area contributed by atoms with Gasteiger partial charge in [-0.15, -0.1) is 0 Å². The highest BCUT2D eigenvalue weighted by atomic mass is 16.2. The van der Waals surface area contributed by atoms with E-state index in [1.165, 1.54) is 0 Å². The Morgan fingerprint density at radius 3 is 2.43 bits per heavy atom. The molecule has 1 aliphatic rings. The van der Waals surface area contributed by atoms with Gasteiger partial charge in [-0.2, -0.15) is 5.26 Å². The second-order valence-corrected chi connectivity index (χ2v) is 4.40. The molecule has 0 bridgehead atoms. The lowest BCUT2D eigenvalue weighted by molar-refractivity contribution is -0.123. The molecule has 4 nitrogen and oxygen atoms in total. The van der Waals surface area contributed by atoms with Crippen molar-refractivity contribution >= 4 is 5.91 Å². The first-order valence-corrected chi connectivity index (χ1v) is 4.38. The van der Waals surface area contributed by atoms with Crippen molar-refractivity contribution in [2.75, 3.05) is 6.54 Å². The molecule has 1 atom stereocenters. The largest absolute Gasteiger partial charge is 0.353 e. The highest BCUT2D eigenvalue weighted by Crippen LogP contribution is 2.18. The molecule has 14 heavy (non-hydrogen) atoms. The lowest BCUT2D eigenvalue weighted by Crippen LogP contribution is -2.57. The van der Waals surface area contributed by atoms with E-state index in [9.17, 15) is 4.79 Å². The zero-order chi connectivity index (χ0) is 10.1. The van der Waals surface area contributed by atoms with Gasteiger partial charge in [-0.3, -0.25) is 10.1 Å². The zero-order valence-electron chi connectivity index (χ0n) is 8.27. The van der Waals surface area contributed by atoms with Crippen molar-refractivity contribution in [3.8, 4) is 6.07 Å². The molecule has 1 aliphatic heterocycles. The topological polar surface area (TPSA) is 64.9 Å². The van der Waals surface area contributed by atoms with Crippen LogP contribution in [0.1, 0.15) is 34.6 Å². The molecular formula is C10H19N3O. The lowest BCUT2D eigenvalue weighted by Gasteiger charge is -2.29. The van der Waals surface area contributed by atoms with Crippen LogP contribution in [-0.2, 0) is 4.79 Å². The molecule has 0 aromatic carbocycles.